The molecule has 2 aromatic carbocycles. The molecule has 0 aliphatic carbocycles. The Kier molecular flexibility index (Phi) is 5.34. The first kappa shape index (κ1) is 17.9. The summed E-state index contributed by atoms with van der Waals surface area (Å²) in [5.41, 5.74) is 4.04. The minimum absolute atomic E-state index is 0.0150. The zero-order valence-corrected chi connectivity index (χ0v) is 15.7. The Morgan fingerprint density at radius 3 is 2.41 bits per heavy atom. The van der Waals surface area contributed by atoms with Gasteiger partial charge in [0.15, 0.2) is 5.43 Å². The highest BCUT2D eigenvalue weighted by molar-refractivity contribution is 7.19. The van der Waals surface area contributed by atoms with Crippen LogP contribution in [0.1, 0.15) is 5.56 Å². The lowest BCUT2D eigenvalue weighted by Crippen LogP contribution is -2.36. The van der Waals surface area contributed by atoms with Crippen molar-refractivity contribution in [2.75, 3.05) is 31.2 Å². The van der Waals surface area contributed by atoms with Crippen molar-refractivity contribution in [3.63, 3.8) is 0 Å². The van der Waals surface area contributed by atoms with Crippen LogP contribution in [0.4, 0.5) is 5.00 Å². The molecule has 27 heavy (non-hydrogen) atoms. The molecule has 138 valence electrons. The van der Waals surface area contributed by atoms with Crippen molar-refractivity contribution in [3.8, 4) is 21.6 Å². The van der Waals surface area contributed by atoms with Gasteiger partial charge in [0.1, 0.15) is 0 Å². The number of anilines is 1. The summed E-state index contributed by atoms with van der Waals surface area (Å²) in [6, 6.07) is 19.4. The van der Waals surface area contributed by atoms with Crippen LogP contribution in [-0.4, -0.2) is 31.4 Å². The molecule has 0 amide bonds. The van der Waals surface area contributed by atoms with Crippen molar-refractivity contribution in [1.29, 1.82) is 0 Å². The SMILES string of the molecule is O=c1cc(-c2ccc(-c3ccccc3CO)cc2)sc(N2CCOCC2)c1. The Morgan fingerprint density at radius 2 is 1.67 bits per heavy atom. The van der Waals surface area contributed by atoms with Gasteiger partial charge in [-0.2, -0.15) is 0 Å². The lowest BCUT2D eigenvalue weighted by Gasteiger charge is -2.28. The monoisotopic (exact) mass is 379 g/mol. The van der Waals surface area contributed by atoms with Gasteiger partial charge >= 0.3 is 0 Å². The Morgan fingerprint density at radius 1 is 0.963 bits per heavy atom. The molecule has 2 heterocycles. The van der Waals surface area contributed by atoms with E-state index >= 15 is 0 Å². The first-order chi connectivity index (χ1) is 13.2. The molecule has 1 aliphatic rings. The summed E-state index contributed by atoms with van der Waals surface area (Å²) in [5.74, 6) is 0. The summed E-state index contributed by atoms with van der Waals surface area (Å²) in [5, 5.41) is 10.5. The van der Waals surface area contributed by atoms with Crippen LogP contribution in [0.3, 0.4) is 0 Å². The first-order valence-electron chi connectivity index (χ1n) is 9.02. The summed E-state index contributed by atoms with van der Waals surface area (Å²) in [4.78, 5) is 15.4. The van der Waals surface area contributed by atoms with E-state index in [2.05, 4.69) is 4.90 Å². The Hall–Kier alpha value is -2.47. The molecule has 0 saturated carbocycles. The summed E-state index contributed by atoms with van der Waals surface area (Å²) in [6.45, 7) is 3.04. The summed E-state index contributed by atoms with van der Waals surface area (Å²) in [6.07, 6.45) is 0. The highest BCUT2D eigenvalue weighted by atomic mass is 32.1. The number of hydrogen-bond acceptors (Lipinski definition) is 5. The van der Waals surface area contributed by atoms with Gasteiger partial charge in [0.25, 0.3) is 0 Å². The van der Waals surface area contributed by atoms with E-state index in [1.165, 1.54) is 0 Å². The number of aliphatic hydroxyl groups is 1. The van der Waals surface area contributed by atoms with Crippen molar-refractivity contribution < 1.29 is 9.84 Å². The lowest BCUT2D eigenvalue weighted by atomic mass is 9.99. The van der Waals surface area contributed by atoms with E-state index in [0.29, 0.717) is 13.2 Å². The maximum absolute atomic E-state index is 12.2. The molecule has 0 atom stereocenters. The first-order valence-corrected chi connectivity index (χ1v) is 9.84. The van der Waals surface area contributed by atoms with E-state index in [9.17, 15) is 9.90 Å². The topological polar surface area (TPSA) is 49.8 Å². The second kappa shape index (κ2) is 8.05. The maximum atomic E-state index is 12.2. The van der Waals surface area contributed by atoms with Gasteiger partial charge in [0, 0.05) is 30.1 Å². The molecule has 0 radical (unpaired) electrons. The molecule has 0 bridgehead atoms. The van der Waals surface area contributed by atoms with Crippen LogP contribution in [0, 0.1) is 0 Å². The quantitative estimate of drug-likeness (QED) is 0.750. The Balaban J connectivity index is 1.66. The summed E-state index contributed by atoms with van der Waals surface area (Å²) < 4.78 is 5.41. The number of nitrogens with zero attached hydrogens (tertiary/aromatic N) is 1. The average Bonchev–Trinajstić information content (AvgIpc) is 2.74. The van der Waals surface area contributed by atoms with Crippen LogP contribution in [0.25, 0.3) is 21.6 Å². The Labute approximate surface area is 162 Å². The van der Waals surface area contributed by atoms with Gasteiger partial charge in [-0.05, 0) is 22.3 Å². The highest BCUT2D eigenvalue weighted by Gasteiger charge is 2.14. The van der Waals surface area contributed by atoms with Crippen LogP contribution < -0.4 is 10.3 Å². The third kappa shape index (κ3) is 3.95. The molecular formula is C22H21NO3S. The minimum Gasteiger partial charge on any atom is -0.392 e. The van der Waals surface area contributed by atoms with Gasteiger partial charge in [-0.25, -0.2) is 0 Å². The molecule has 1 N–H and O–H groups in total. The second-order valence-corrected chi connectivity index (χ2v) is 7.55. The fourth-order valence-corrected chi connectivity index (χ4v) is 4.44. The molecule has 3 aromatic rings. The van der Waals surface area contributed by atoms with Gasteiger partial charge < -0.3 is 14.7 Å². The number of hydrogen-bond donors (Lipinski definition) is 1. The van der Waals surface area contributed by atoms with Gasteiger partial charge in [0.2, 0.25) is 0 Å². The average molecular weight is 379 g/mol. The van der Waals surface area contributed by atoms with Gasteiger partial charge in [-0.15, -0.1) is 11.3 Å². The van der Waals surface area contributed by atoms with E-state index < -0.39 is 0 Å². The smallest absolute Gasteiger partial charge is 0.182 e. The summed E-state index contributed by atoms with van der Waals surface area (Å²) >= 11 is 1.64. The molecule has 0 spiro atoms. The third-order valence-corrected chi connectivity index (χ3v) is 5.90. The molecular weight excluding hydrogens is 358 g/mol. The standard InChI is InChI=1S/C22H21NO3S/c24-15-18-3-1-2-4-20(18)16-5-7-17(8-6-16)21-13-19(25)14-22(27-21)23-9-11-26-12-10-23/h1-8,13-14,24H,9-12,15H2. The number of benzene rings is 2. The van der Waals surface area contributed by atoms with Crippen LogP contribution >= 0.6 is 11.3 Å². The fraction of sp³-hybridized carbons (Fsp3) is 0.227. The zero-order valence-electron chi connectivity index (χ0n) is 14.9. The van der Waals surface area contributed by atoms with E-state index in [4.69, 9.17) is 4.74 Å². The van der Waals surface area contributed by atoms with E-state index in [0.717, 1.165) is 45.2 Å². The minimum atomic E-state index is 0.0150. The van der Waals surface area contributed by atoms with Crippen LogP contribution in [0.5, 0.6) is 0 Å². The van der Waals surface area contributed by atoms with Crippen LogP contribution in [-0.2, 0) is 11.3 Å². The van der Waals surface area contributed by atoms with Crippen molar-refractivity contribution in [2.24, 2.45) is 0 Å². The van der Waals surface area contributed by atoms with Crippen molar-refractivity contribution in [1.82, 2.24) is 0 Å². The molecule has 1 aliphatic heterocycles. The number of rotatable bonds is 4. The van der Waals surface area contributed by atoms with Crippen molar-refractivity contribution >= 4 is 16.3 Å². The number of ether oxygens (including phenoxy) is 1. The zero-order chi connectivity index (χ0) is 18.6. The van der Waals surface area contributed by atoms with Gasteiger partial charge in [0.05, 0.1) is 24.8 Å². The fourth-order valence-electron chi connectivity index (χ4n) is 3.30. The van der Waals surface area contributed by atoms with Crippen LogP contribution in [0.15, 0.2) is 65.5 Å². The molecule has 0 unspecified atom stereocenters. The molecule has 1 aromatic heterocycles. The van der Waals surface area contributed by atoms with Crippen molar-refractivity contribution in [3.05, 3.63) is 76.5 Å². The van der Waals surface area contributed by atoms with Gasteiger partial charge in [-0.3, -0.25) is 4.79 Å². The maximum Gasteiger partial charge on any atom is 0.182 e. The number of aliphatic hydroxyl groups excluding tert-OH is 1. The second-order valence-electron chi connectivity index (χ2n) is 6.49. The predicted molar refractivity (Wildman–Crippen MR) is 110 cm³/mol. The molecule has 4 rings (SSSR count). The molecule has 1 fully saturated rings. The third-order valence-electron chi connectivity index (χ3n) is 4.74. The van der Waals surface area contributed by atoms with E-state index in [1.807, 2.05) is 48.5 Å². The normalized spacial score (nSPS) is 14.3. The van der Waals surface area contributed by atoms with Gasteiger partial charge in [-0.1, -0.05) is 48.5 Å². The largest absolute Gasteiger partial charge is 0.392 e. The predicted octanol–water partition coefficient (Wildman–Crippen LogP) is 3.77. The molecule has 1 saturated heterocycles. The van der Waals surface area contributed by atoms with E-state index in [-0.39, 0.29) is 12.0 Å². The van der Waals surface area contributed by atoms with Crippen molar-refractivity contribution in [2.45, 2.75) is 6.61 Å². The summed E-state index contributed by atoms with van der Waals surface area (Å²) in [7, 11) is 0. The van der Waals surface area contributed by atoms with Crippen LogP contribution in [0.2, 0.25) is 0 Å². The molecule has 5 heteroatoms. The lowest BCUT2D eigenvalue weighted by molar-refractivity contribution is 0.123. The Bertz CT molecular complexity index is 975. The van der Waals surface area contributed by atoms with E-state index in [1.54, 1.807) is 23.5 Å². The number of morpholine rings is 1. The molecule has 4 nitrogen and oxygen atoms in total. The highest BCUT2D eigenvalue weighted by Crippen LogP contribution is 2.32.